The van der Waals surface area contributed by atoms with Gasteiger partial charge in [0, 0.05) is 13.1 Å². The molecule has 1 atom stereocenters. The van der Waals surface area contributed by atoms with Crippen LogP contribution in [0.3, 0.4) is 0 Å². The smallest absolute Gasteiger partial charge is 0.312 e. The summed E-state index contributed by atoms with van der Waals surface area (Å²) < 4.78 is 0. The molecule has 0 saturated carbocycles. The Morgan fingerprint density at radius 3 is 2.67 bits per heavy atom. The van der Waals surface area contributed by atoms with Crippen LogP contribution in [-0.2, 0) is 0 Å². The highest BCUT2D eigenvalue weighted by molar-refractivity contribution is 5.71. The van der Waals surface area contributed by atoms with Gasteiger partial charge in [0.25, 0.3) is 0 Å². The molecule has 0 fully saturated rings. The van der Waals surface area contributed by atoms with E-state index in [0.29, 0.717) is 12.5 Å². The van der Waals surface area contributed by atoms with E-state index < -0.39 is 6.03 Å². The lowest BCUT2D eigenvalue weighted by atomic mass is 10.1. The Bertz CT molecular complexity index is 127. The van der Waals surface area contributed by atoms with E-state index in [4.69, 9.17) is 5.73 Å². The van der Waals surface area contributed by atoms with Crippen LogP contribution in [0, 0.1) is 5.92 Å². The van der Waals surface area contributed by atoms with E-state index in [2.05, 4.69) is 24.5 Å². The van der Waals surface area contributed by atoms with E-state index in [1.54, 1.807) is 0 Å². The predicted octanol–water partition coefficient (Wildman–Crippen LogP) is 0.290. The molecule has 0 bridgehead atoms. The van der Waals surface area contributed by atoms with Crippen molar-refractivity contribution >= 4 is 6.03 Å². The third-order valence-electron chi connectivity index (χ3n) is 1.79. The molecule has 12 heavy (non-hydrogen) atoms. The van der Waals surface area contributed by atoms with Crippen LogP contribution in [0.2, 0.25) is 0 Å². The fourth-order valence-corrected chi connectivity index (χ4v) is 0.767. The molecule has 0 aromatic carbocycles. The number of carbonyl (C=O) groups excluding carboxylic acids is 1. The molecule has 0 heterocycles. The van der Waals surface area contributed by atoms with E-state index >= 15 is 0 Å². The molecule has 0 aliphatic rings. The third kappa shape index (κ3) is 7.34. The van der Waals surface area contributed by atoms with Crippen LogP contribution < -0.4 is 16.4 Å². The number of urea groups is 1. The van der Waals surface area contributed by atoms with Gasteiger partial charge in [-0.05, 0) is 12.5 Å². The first-order valence-electron chi connectivity index (χ1n) is 4.40. The zero-order valence-electron chi connectivity index (χ0n) is 7.89. The lowest BCUT2D eigenvalue weighted by Crippen LogP contribution is -2.36. The maximum atomic E-state index is 10.2. The van der Waals surface area contributed by atoms with Crippen molar-refractivity contribution < 1.29 is 4.79 Å². The minimum absolute atomic E-state index is 0.458. The van der Waals surface area contributed by atoms with Crippen molar-refractivity contribution in [2.75, 3.05) is 19.6 Å². The van der Waals surface area contributed by atoms with E-state index in [1.807, 2.05) is 0 Å². The lowest BCUT2D eigenvalue weighted by Gasteiger charge is -2.09. The van der Waals surface area contributed by atoms with Crippen molar-refractivity contribution in [1.29, 1.82) is 0 Å². The van der Waals surface area contributed by atoms with Gasteiger partial charge in [-0.15, -0.1) is 0 Å². The van der Waals surface area contributed by atoms with Gasteiger partial charge in [-0.1, -0.05) is 20.3 Å². The number of nitrogens with one attached hydrogen (secondary N) is 2. The van der Waals surface area contributed by atoms with Gasteiger partial charge < -0.3 is 16.4 Å². The van der Waals surface area contributed by atoms with E-state index in [1.165, 1.54) is 6.42 Å². The summed E-state index contributed by atoms with van der Waals surface area (Å²) in [5, 5.41) is 5.73. The molecule has 0 saturated heterocycles. The minimum Gasteiger partial charge on any atom is -0.352 e. The van der Waals surface area contributed by atoms with Crippen LogP contribution in [0.15, 0.2) is 0 Å². The van der Waals surface area contributed by atoms with Gasteiger partial charge in [0.1, 0.15) is 0 Å². The van der Waals surface area contributed by atoms with Crippen LogP contribution in [0.4, 0.5) is 4.79 Å². The zero-order chi connectivity index (χ0) is 9.40. The Labute approximate surface area is 73.9 Å². The maximum absolute atomic E-state index is 10.2. The standard InChI is InChI=1S/C8H19N3O/c1-3-7(2)6-10-4-5-11-8(9)12/h7,10H,3-6H2,1-2H3,(H3,9,11,12). The Morgan fingerprint density at radius 1 is 1.50 bits per heavy atom. The Hall–Kier alpha value is -0.770. The summed E-state index contributed by atoms with van der Waals surface area (Å²) in [6, 6.07) is -0.458. The topological polar surface area (TPSA) is 67.2 Å². The predicted molar refractivity (Wildman–Crippen MR) is 49.9 cm³/mol. The average molecular weight is 173 g/mol. The SMILES string of the molecule is CCC(C)CNCCNC(N)=O. The van der Waals surface area contributed by atoms with Crippen molar-refractivity contribution in [3.63, 3.8) is 0 Å². The Morgan fingerprint density at radius 2 is 2.17 bits per heavy atom. The minimum atomic E-state index is -0.458. The second kappa shape index (κ2) is 6.91. The first-order valence-corrected chi connectivity index (χ1v) is 4.40. The summed E-state index contributed by atoms with van der Waals surface area (Å²) in [5.41, 5.74) is 4.88. The fourth-order valence-electron chi connectivity index (χ4n) is 0.767. The largest absolute Gasteiger partial charge is 0.352 e. The van der Waals surface area contributed by atoms with Crippen LogP contribution in [0.5, 0.6) is 0 Å². The number of primary amides is 1. The fraction of sp³-hybridized carbons (Fsp3) is 0.875. The molecule has 0 spiro atoms. The molecule has 0 aromatic rings. The monoisotopic (exact) mass is 173 g/mol. The first kappa shape index (κ1) is 11.2. The molecule has 72 valence electrons. The molecule has 0 aliphatic heterocycles. The molecule has 2 amide bonds. The summed E-state index contributed by atoms with van der Waals surface area (Å²) in [7, 11) is 0. The summed E-state index contributed by atoms with van der Waals surface area (Å²) >= 11 is 0. The molecule has 4 heteroatoms. The number of hydrogen-bond donors (Lipinski definition) is 3. The molecule has 4 nitrogen and oxygen atoms in total. The van der Waals surface area contributed by atoms with Crippen molar-refractivity contribution in [3.8, 4) is 0 Å². The van der Waals surface area contributed by atoms with Gasteiger partial charge in [0.15, 0.2) is 0 Å². The van der Waals surface area contributed by atoms with Crippen LogP contribution in [0.25, 0.3) is 0 Å². The van der Waals surface area contributed by atoms with Crippen molar-refractivity contribution in [2.45, 2.75) is 20.3 Å². The lowest BCUT2D eigenvalue weighted by molar-refractivity contribution is 0.249. The van der Waals surface area contributed by atoms with Crippen LogP contribution in [-0.4, -0.2) is 25.7 Å². The second-order valence-corrected chi connectivity index (χ2v) is 3.01. The first-order chi connectivity index (χ1) is 5.66. The Balaban J connectivity index is 3.05. The average Bonchev–Trinajstić information content (AvgIpc) is 2.03. The molecule has 4 N–H and O–H groups in total. The molecule has 0 radical (unpaired) electrons. The summed E-state index contributed by atoms with van der Waals surface area (Å²) in [5.74, 6) is 0.693. The molecule has 0 rings (SSSR count). The number of nitrogens with two attached hydrogens (primary N) is 1. The molecule has 1 unspecified atom stereocenters. The maximum Gasteiger partial charge on any atom is 0.312 e. The molecule has 0 aromatic heterocycles. The number of rotatable bonds is 6. The quantitative estimate of drug-likeness (QED) is 0.505. The highest BCUT2D eigenvalue weighted by atomic mass is 16.2. The number of hydrogen-bond acceptors (Lipinski definition) is 2. The van der Waals surface area contributed by atoms with Gasteiger partial charge in [0.05, 0.1) is 0 Å². The summed E-state index contributed by atoms with van der Waals surface area (Å²) in [4.78, 5) is 10.2. The van der Waals surface area contributed by atoms with Gasteiger partial charge in [-0.2, -0.15) is 0 Å². The van der Waals surface area contributed by atoms with Gasteiger partial charge in [-0.25, -0.2) is 4.79 Å². The van der Waals surface area contributed by atoms with Crippen molar-refractivity contribution in [1.82, 2.24) is 10.6 Å². The zero-order valence-corrected chi connectivity index (χ0v) is 7.89. The second-order valence-electron chi connectivity index (χ2n) is 3.01. The molecular formula is C8H19N3O. The third-order valence-corrected chi connectivity index (χ3v) is 1.79. The summed E-state index contributed by atoms with van der Waals surface area (Å²) in [6.45, 7) is 6.73. The van der Waals surface area contributed by atoms with Crippen LogP contribution >= 0.6 is 0 Å². The molecular weight excluding hydrogens is 154 g/mol. The van der Waals surface area contributed by atoms with Gasteiger partial charge in [-0.3, -0.25) is 0 Å². The molecule has 0 aliphatic carbocycles. The number of amides is 2. The van der Waals surface area contributed by atoms with E-state index in [9.17, 15) is 4.79 Å². The Kier molecular flexibility index (Phi) is 6.47. The normalized spacial score (nSPS) is 12.5. The highest BCUT2D eigenvalue weighted by Crippen LogP contribution is 1.96. The van der Waals surface area contributed by atoms with E-state index in [-0.39, 0.29) is 0 Å². The van der Waals surface area contributed by atoms with Gasteiger partial charge >= 0.3 is 6.03 Å². The van der Waals surface area contributed by atoms with Crippen molar-refractivity contribution in [2.24, 2.45) is 11.7 Å². The van der Waals surface area contributed by atoms with E-state index in [0.717, 1.165) is 13.1 Å². The van der Waals surface area contributed by atoms with Crippen LogP contribution in [0.1, 0.15) is 20.3 Å². The summed E-state index contributed by atoms with van der Waals surface area (Å²) in [6.07, 6.45) is 1.18. The number of carbonyl (C=O) groups is 1. The van der Waals surface area contributed by atoms with Crippen molar-refractivity contribution in [3.05, 3.63) is 0 Å². The highest BCUT2D eigenvalue weighted by Gasteiger charge is 1.96. The van der Waals surface area contributed by atoms with Gasteiger partial charge in [0.2, 0.25) is 0 Å².